The number of aromatic nitrogens is 2. The molecule has 2 aliphatic carbocycles. The number of aryl methyl sites for hydroxylation is 1. The second-order valence-electron chi connectivity index (χ2n) is 5.61. The Kier molecular flexibility index (Phi) is 2.74. The minimum absolute atomic E-state index is 0.678. The van der Waals surface area contributed by atoms with Crippen molar-refractivity contribution in [2.75, 3.05) is 0 Å². The van der Waals surface area contributed by atoms with Crippen LogP contribution in [0.2, 0.25) is 0 Å². The number of nitrogens with zero attached hydrogens (tertiary/aromatic N) is 1. The van der Waals surface area contributed by atoms with Gasteiger partial charge in [-0.25, -0.2) is 4.98 Å². The van der Waals surface area contributed by atoms with Crippen molar-refractivity contribution in [3.05, 3.63) is 17.2 Å². The summed E-state index contributed by atoms with van der Waals surface area (Å²) in [7, 11) is 0. The molecule has 0 amide bonds. The fourth-order valence-corrected chi connectivity index (χ4v) is 3.33. The van der Waals surface area contributed by atoms with Gasteiger partial charge < -0.3 is 4.98 Å². The Morgan fingerprint density at radius 2 is 1.88 bits per heavy atom. The molecule has 0 saturated heterocycles. The molecule has 0 aromatic carbocycles. The van der Waals surface area contributed by atoms with Crippen LogP contribution in [0.1, 0.15) is 80.9 Å². The highest BCUT2D eigenvalue weighted by molar-refractivity contribution is 5.23. The number of nitrogens with one attached hydrogen (secondary N) is 1. The van der Waals surface area contributed by atoms with Gasteiger partial charge in [-0.05, 0) is 32.1 Å². The molecule has 88 valence electrons. The zero-order chi connectivity index (χ0) is 11.0. The van der Waals surface area contributed by atoms with Gasteiger partial charge in [0.25, 0.3) is 0 Å². The van der Waals surface area contributed by atoms with Crippen molar-refractivity contribution < 1.29 is 0 Å². The maximum Gasteiger partial charge on any atom is 0.109 e. The van der Waals surface area contributed by atoms with E-state index in [1.54, 1.807) is 0 Å². The zero-order valence-electron chi connectivity index (χ0n) is 10.3. The normalized spacial score (nSPS) is 26.7. The number of hydrogen-bond acceptors (Lipinski definition) is 1. The van der Waals surface area contributed by atoms with Gasteiger partial charge in [-0.1, -0.05) is 26.2 Å². The fraction of sp³-hybridized carbons (Fsp3) is 0.786. The van der Waals surface area contributed by atoms with Crippen LogP contribution in [0.3, 0.4) is 0 Å². The molecule has 3 rings (SSSR count). The Morgan fingerprint density at radius 3 is 2.62 bits per heavy atom. The lowest BCUT2D eigenvalue weighted by Gasteiger charge is -2.19. The lowest BCUT2D eigenvalue weighted by Crippen LogP contribution is -2.06. The van der Waals surface area contributed by atoms with Crippen LogP contribution < -0.4 is 0 Å². The summed E-state index contributed by atoms with van der Waals surface area (Å²) < 4.78 is 0. The van der Waals surface area contributed by atoms with Crippen molar-refractivity contribution in [1.29, 1.82) is 0 Å². The molecule has 0 bridgehead atoms. The molecule has 1 fully saturated rings. The van der Waals surface area contributed by atoms with Crippen molar-refractivity contribution in [2.24, 2.45) is 0 Å². The van der Waals surface area contributed by atoms with Crippen LogP contribution in [0, 0.1) is 0 Å². The number of rotatable bonds is 1. The van der Waals surface area contributed by atoms with E-state index in [0.29, 0.717) is 5.92 Å². The summed E-state index contributed by atoms with van der Waals surface area (Å²) in [5.74, 6) is 2.71. The Balaban J connectivity index is 1.85. The van der Waals surface area contributed by atoms with Crippen molar-refractivity contribution in [3.63, 3.8) is 0 Å². The van der Waals surface area contributed by atoms with Gasteiger partial charge in [0.1, 0.15) is 5.82 Å². The average Bonchev–Trinajstić information content (AvgIpc) is 2.76. The minimum Gasteiger partial charge on any atom is -0.345 e. The summed E-state index contributed by atoms with van der Waals surface area (Å²) in [5, 5.41) is 0. The van der Waals surface area contributed by atoms with Crippen molar-refractivity contribution in [2.45, 2.75) is 70.1 Å². The molecule has 1 N–H and O–H groups in total. The number of fused-ring (bicyclic) bond motifs is 1. The Hall–Kier alpha value is -0.790. The quantitative estimate of drug-likeness (QED) is 0.761. The monoisotopic (exact) mass is 218 g/mol. The first-order chi connectivity index (χ1) is 7.84. The largest absolute Gasteiger partial charge is 0.345 e. The lowest BCUT2D eigenvalue weighted by molar-refractivity contribution is 0.430. The van der Waals surface area contributed by atoms with Gasteiger partial charge in [0.2, 0.25) is 0 Å². The number of hydrogen-bond donors (Lipinski definition) is 1. The standard InChI is InChI=1S/C14H22N2/c1-10-6-5-9-12-13(10)16-14(15-12)11-7-3-2-4-8-11/h10-11H,2-9H2,1H3,(H,15,16). The minimum atomic E-state index is 0.678. The molecule has 1 heterocycles. The summed E-state index contributed by atoms with van der Waals surface area (Å²) in [6.07, 6.45) is 10.8. The Morgan fingerprint density at radius 1 is 1.06 bits per heavy atom. The first-order valence-corrected chi connectivity index (χ1v) is 6.93. The van der Waals surface area contributed by atoms with Gasteiger partial charge in [0.05, 0.1) is 5.69 Å². The molecule has 16 heavy (non-hydrogen) atoms. The van der Waals surface area contributed by atoms with Gasteiger partial charge in [0.15, 0.2) is 0 Å². The van der Waals surface area contributed by atoms with E-state index in [2.05, 4.69) is 11.9 Å². The summed E-state index contributed by atoms with van der Waals surface area (Å²) in [4.78, 5) is 8.52. The van der Waals surface area contributed by atoms with Gasteiger partial charge in [-0.3, -0.25) is 0 Å². The molecule has 1 saturated carbocycles. The van der Waals surface area contributed by atoms with E-state index in [1.807, 2.05) is 0 Å². The van der Waals surface area contributed by atoms with Crippen LogP contribution in [0.25, 0.3) is 0 Å². The molecule has 0 radical (unpaired) electrons. The van der Waals surface area contributed by atoms with E-state index in [-0.39, 0.29) is 0 Å². The van der Waals surface area contributed by atoms with Crippen LogP contribution in [-0.4, -0.2) is 9.97 Å². The molecule has 2 nitrogen and oxygen atoms in total. The fourth-order valence-electron chi connectivity index (χ4n) is 3.33. The van der Waals surface area contributed by atoms with E-state index in [1.165, 1.54) is 68.6 Å². The second kappa shape index (κ2) is 4.23. The van der Waals surface area contributed by atoms with Crippen LogP contribution in [0.4, 0.5) is 0 Å². The predicted octanol–water partition coefficient (Wildman–Crippen LogP) is 3.90. The molecule has 0 aliphatic heterocycles. The lowest BCUT2D eigenvalue weighted by atomic mass is 9.89. The number of H-pyrrole nitrogens is 1. The van der Waals surface area contributed by atoms with Crippen LogP contribution in [-0.2, 0) is 6.42 Å². The van der Waals surface area contributed by atoms with Crippen LogP contribution in [0.15, 0.2) is 0 Å². The molecule has 1 aromatic rings. The highest BCUT2D eigenvalue weighted by Gasteiger charge is 2.24. The third kappa shape index (κ3) is 1.79. The molecule has 2 heteroatoms. The summed E-state index contributed by atoms with van der Waals surface area (Å²) >= 11 is 0. The second-order valence-corrected chi connectivity index (χ2v) is 5.61. The maximum absolute atomic E-state index is 4.90. The van der Waals surface area contributed by atoms with Crippen LogP contribution >= 0.6 is 0 Å². The molecule has 1 unspecified atom stereocenters. The van der Waals surface area contributed by atoms with E-state index in [0.717, 1.165) is 5.92 Å². The highest BCUT2D eigenvalue weighted by atomic mass is 15.0. The summed E-state index contributed by atoms with van der Waals surface area (Å²) in [6.45, 7) is 2.32. The first-order valence-electron chi connectivity index (χ1n) is 6.93. The summed E-state index contributed by atoms with van der Waals surface area (Å²) in [6, 6.07) is 0. The number of aromatic amines is 1. The Labute approximate surface area is 97.9 Å². The summed E-state index contributed by atoms with van der Waals surface area (Å²) in [5.41, 5.74) is 2.83. The van der Waals surface area contributed by atoms with Gasteiger partial charge >= 0.3 is 0 Å². The first kappa shape index (κ1) is 10.4. The van der Waals surface area contributed by atoms with Gasteiger partial charge in [-0.2, -0.15) is 0 Å². The molecule has 1 atom stereocenters. The number of imidazole rings is 1. The van der Waals surface area contributed by atoms with Gasteiger partial charge in [0, 0.05) is 17.5 Å². The van der Waals surface area contributed by atoms with E-state index in [4.69, 9.17) is 4.98 Å². The molecular formula is C14H22N2. The van der Waals surface area contributed by atoms with E-state index < -0.39 is 0 Å². The smallest absolute Gasteiger partial charge is 0.109 e. The molecule has 2 aliphatic rings. The van der Waals surface area contributed by atoms with Crippen molar-refractivity contribution >= 4 is 0 Å². The SMILES string of the molecule is CC1CCCc2[nH]c(C3CCCCC3)nc21. The highest BCUT2D eigenvalue weighted by Crippen LogP contribution is 2.35. The van der Waals surface area contributed by atoms with Crippen molar-refractivity contribution in [1.82, 2.24) is 9.97 Å². The topological polar surface area (TPSA) is 28.7 Å². The predicted molar refractivity (Wildman–Crippen MR) is 65.8 cm³/mol. The van der Waals surface area contributed by atoms with Gasteiger partial charge in [-0.15, -0.1) is 0 Å². The van der Waals surface area contributed by atoms with E-state index >= 15 is 0 Å². The van der Waals surface area contributed by atoms with E-state index in [9.17, 15) is 0 Å². The average molecular weight is 218 g/mol. The molecule has 1 aromatic heterocycles. The molecular weight excluding hydrogens is 196 g/mol. The maximum atomic E-state index is 4.90. The van der Waals surface area contributed by atoms with Crippen molar-refractivity contribution in [3.8, 4) is 0 Å². The third-order valence-electron chi connectivity index (χ3n) is 4.35. The Bertz CT molecular complexity index is 361. The van der Waals surface area contributed by atoms with Crippen LogP contribution in [0.5, 0.6) is 0 Å². The third-order valence-corrected chi connectivity index (χ3v) is 4.35. The zero-order valence-corrected chi connectivity index (χ0v) is 10.3. The molecule has 0 spiro atoms.